The summed E-state index contributed by atoms with van der Waals surface area (Å²) in [5.41, 5.74) is 8.54. The molecule has 0 aromatic carbocycles. The molecule has 0 amide bonds. The van der Waals surface area contributed by atoms with Crippen molar-refractivity contribution >= 4 is 0 Å². The Bertz CT molecular complexity index is 284. The van der Waals surface area contributed by atoms with E-state index < -0.39 is 30.6 Å². The second-order valence-corrected chi connectivity index (χ2v) is 3.62. The lowest BCUT2D eigenvalue weighted by atomic mass is 9.97. The molecule has 1 unspecified atom stereocenters. The summed E-state index contributed by atoms with van der Waals surface area (Å²) in [6, 6.07) is -0.668. The first kappa shape index (κ1) is 14.2. The number of nitrogens with zero attached hydrogens (tertiary/aromatic N) is 3. The van der Waals surface area contributed by atoms with Crippen molar-refractivity contribution in [1.29, 1.82) is 0 Å². The highest BCUT2D eigenvalue weighted by molar-refractivity contribution is 4.95. The van der Waals surface area contributed by atoms with Gasteiger partial charge in [0.1, 0.15) is 12.2 Å². The van der Waals surface area contributed by atoms with Gasteiger partial charge in [0.2, 0.25) is 0 Å². The molecule has 0 aliphatic carbocycles. The first-order chi connectivity index (χ1) is 8.19. The van der Waals surface area contributed by atoms with Crippen LogP contribution < -0.4 is 0 Å². The Kier molecular flexibility index (Phi) is 5.63. The molecule has 1 saturated heterocycles. The van der Waals surface area contributed by atoms with Crippen molar-refractivity contribution in [2.45, 2.75) is 30.6 Å². The zero-order chi connectivity index (χ0) is 12.8. The molecule has 0 aromatic rings. The van der Waals surface area contributed by atoms with Crippen LogP contribution in [0.1, 0.15) is 0 Å². The Morgan fingerprint density at radius 1 is 1.29 bits per heavy atom. The van der Waals surface area contributed by atoms with E-state index in [0.717, 1.165) is 0 Å². The third kappa shape index (κ3) is 3.06. The first-order valence-corrected chi connectivity index (χ1v) is 5.11. The molecule has 0 bridgehead atoms. The van der Waals surface area contributed by atoms with Crippen LogP contribution >= 0.6 is 0 Å². The molecular formula is C9H17N3O5. The molecule has 0 saturated carbocycles. The van der Waals surface area contributed by atoms with E-state index in [4.69, 9.17) is 24.5 Å². The van der Waals surface area contributed by atoms with E-state index in [1.165, 1.54) is 21.3 Å². The lowest BCUT2D eigenvalue weighted by molar-refractivity contribution is -0.268. The Balaban J connectivity index is 2.92. The van der Waals surface area contributed by atoms with Crippen molar-refractivity contribution < 1.29 is 24.1 Å². The molecule has 5 atom stereocenters. The minimum atomic E-state index is -1.18. The maximum absolute atomic E-state index is 9.73. The second-order valence-electron chi connectivity index (χ2n) is 3.62. The number of hydrogen-bond acceptors (Lipinski definition) is 6. The molecule has 17 heavy (non-hydrogen) atoms. The molecule has 1 heterocycles. The van der Waals surface area contributed by atoms with Gasteiger partial charge in [-0.25, -0.2) is 0 Å². The van der Waals surface area contributed by atoms with E-state index in [0.29, 0.717) is 0 Å². The summed E-state index contributed by atoms with van der Waals surface area (Å²) in [6.45, 7) is 0.226. The van der Waals surface area contributed by atoms with E-state index in [2.05, 4.69) is 10.0 Å². The van der Waals surface area contributed by atoms with Gasteiger partial charge < -0.3 is 24.1 Å². The van der Waals surface area contributed by atoms with Crippen molar-refractivity contribution in [3.05, 3.63) is 10.4 Å². The van der Waals surface area contributed by atoms with Crippen LogP contribution in [0.25, 0.3) is 10.4 Å². The number of hydrogen-bond donors (Lipinski definition) is 1. The SMILES string of the molecule is COC[C@H]1OC(O)[C@@H](OC)[C@H](N=[N+]=[N-])[C@@H]1OC. The Labute approximate surface area is 99.0 Å². The minimum absolute atomic E-state index is 0.226. The van der Waals surface area contributed by atoms with Gasteiger partial charge in [-0.1, -0.05) is 5.11 Å². The lowest BCUT2D eigenvalue weighted by Gasteiger charge is -2.41. The van der Waals surface area contributed by atoms with Crippen LogP contribution in [0.2, 0.25) is 0 Å². The highest BCUT2D eigenvalue weighted by atomic mass is 16.7. The van der Waals surface area contributed by atoms with E-state index in [1.54, 1.807) is 0 Å². The summed E-state index contributed by atoms with van der Waals surface area (Å²) < 4.78 is 20.6. The Hall–Kier alpha value is -0.890. The minimum Gasteiger partial charge on any atom is -0.382 e. The average Bonchev–Trinajstić information content (AvgIpc) is 2.30. The van der Waals surface area contributed by atoms with Crippen molar-refractivity contribution in [1.82, 2.24) is 0 Å². The molecule has 98 valence electrons. The summed E-state index contributed by atoms with van der Waals surface area (Å²) in [4.78, 5) is 2.74. The molecule has 1 fully saturated rings. The average molecular weight is 247 g/mol. The Morgan fingerprint density at radius 3 is 2.41 bits per heavy atom. The summed E-state index contributed by atoms with van der Waals surface area (Å²) in [5, 5.41) is 13.3. The van der Waals surface area contributed by atoms with Crippen molar-refractivity contribution in [2.75, 3.05) is 27.9 Å². The third-order valence-electron chi connectivity index (χ3n) is 2.70. The van der Waals surface area contributed by atoms with Crippen LogP contribution in [0.4, 0.5) is 0 Å². The molecule has 1 aliphatic heterocycles. The van der Waals surface area contributed by atoms with E-state index in [1.807, 2.05) is 0 Å². The van der Waals surface area contributed by atoms with Crippen LogP contribution in [0.3, 0.4) is 0 Å². The number of aliphatic hydroxyl groups excluding tert-OH is 1. The predicted molar refractivity (Wildman–Crippen MR) is 57.3 cm³/mol. The predicted octanol–water partition coefficient (Wildman–Crippen LogP) is 0.0589. The molecule has 0 spiro atoms. The quantitative estimate of drug-likeness (QED) is 0.420. The van der Waals surface area contributed by atoms with Crippen LogP contribution in [-0.2, 0) is 18.9 Å². The van der Waals surface area contributed by atoms with Crippen LogP contribution in [0.15, 0.2) is 5.11 Å². The lowest BCUT2D eigenvalue weighted by Crippen LogP contribution is -2.59. The number of methoxy groups -OCH3 is 3. The zero-order valence-electron chi connectivity index (χ0n) is 10.0. The largest absolute Gasteiger partial charge is 0.382 e. The molecule has 0 aromatic heterocycles. The van der Waals surface area contributed by atoms with Crippen LogP contribution in [0.5, 0.6) is 0 Å². The van der Waals surface area contributed by atoms with Gasteiger partial charge in [-0.2, -0.15) is 0 Å². The topological polar surface area (TPSA) is 106 Å². The van der Waals surface area contributed by atoms with Crippen molar-refractivity contribution in [2.24, 2.45) is 5.11 Å². The summed E-state index contributed by atoms with van der Waals surface area (Å²) in [7, 11) is 4.38. The van der Waals surface area contributed by atoms with Gasteiger partial charge in [0.05, 0.1) is 18.8 Å². The van der Waals surface area contributed by atoms with Gasteiger partial charge in [-0.3, -0.25) is 0 Å². The fraction of sp³-hybridized carbons (Fsp3) is 1.00. The first-order valence-electron chi connectivity index (χ1n) is 5.11. The highest BCUT2D eigenvalue weighted by Crippen LogP contribution is 2.26. The monoisotopic (exact) mass is 247 g/mol. The molecule has 8 heteroatoms. The number of azide groups is 1. The summed E-state index contributed by atoms with van der Waals surface area (Å²) in [5.74, 6) is 0. The summed E-state index contributed by atoms with van der Waals surface area (Å²) >= 11 is 0. The van der Waals surface area contributed by atoms with Gasteiger partial charge in [0.25, 0.3) is 0 Å². The molecule has 1 aliphatic rings. The fourth-order valence-electron chi connectivity index (χ4n) is 1.95. The highest BCUT2D eigenvalue weighted by Gasteiger charge is 2.45. The third-order valence-corrected chi connectivity index (χ3v) is 2.70. The summed E-state index contributed by atoms with van der Waals surface area (Å²) in [6.07, 6.45) is -2.98. The van der Waals surface area contributed by atoms with E-state index >= 15 is 0 Å². The molecule has 0 radical (unpaired) electrons. The van der Waals surface area contributed by atoms with Gasteiger partial charge in [-0.05, 0) is 5.53 Å². The molecular weight excluding hydrogens is 230 g/mol. The smallest absolute Gasteiger partial charge is 0.182 e. The van der Waals surface area contributed by atoms with E-state index in [9.17, 15) is 5.11 Å². The van der Waals surface area contributed by atoms with E-state index in [-0.39, 0.29) is 6.61 Å². The van der Waals surface area contributed by atoms with Crippen LogP contribution in [-0.4, -0.2) is 63.7 Å². The fourth-order valence-corrected chi connectivity index (χ4v) is 1.95. The van der Waals surface area contributed by atoms with Crippen LogP contribution in [0, 0.1) is 0 Å². The maximum atomic E-state index is 9.73. The number of ether oxygens (including phenoxy) is 4. The molecule has 1 N–H and O–H groups in total. The second kappa shape index (κ2) is 6.75. The van der Waals surface area contributed by atoms with Gasteiger partial charge >= 0.3 is 0 Å². The van der Waals surface area contributed by atoms with Gasteiger partial charge in [-0.15, -0.1) is 0 Å². The van der Waals surface area contributed by atoms with Crippen molar-refractivity contribution in [3.8, 4) is 0 Å². The van der Waals surface area contributed by atoms with Gasteiger partial charge in [0.15, 0.2) is 6.29 Å². The zero-order valence-corrected chi connectivity index (χ0v) is 10.0. The van der Waals surface area contributed by atoms with Crippen molar-refractivity contribution in [3.63, 3.8) is 0 Å². The molecule has 1 rings (SSSR count). The molecule has 8 nitrogen and oxygen atoms in total. The number of rotatable bonds is 5. The standard InChI is InChI=1S/C9H17N3O5/c1-14-4-5-7(15-2)6(11-12-10)8(16-3)9(13)17-5/h5-9,13H,4H2,1-3H3/t5-,6-,7-,8+,9?/m1/s1. The number of aliphatic hydroxyl groups is 1. The normalized spacial score (nSPS) is 37.5. The van der Waals surface area contributed by atoms with Gasteiger partial charge in [0, 0.05) is 26.2 Å². The Morgan fingerprint density at radius 2 is 1.94 bits per heavy atom. The maximum Gasteiger partial charge on any atom is 0.182 e.